The molecule has 1 aliphatic carbocycles. The Balaban J connectivity index is 2.25. The van der Waals surface area contributed by atoms with Gasteiger partial charge >= 0.3 is 0 Å². The molecule has 0 amide bonds. The molecule has 2 heteroatoms. The Hall–Kier alpha value is -0.790. The van der Waals surface area contributed by atoms with E-state index < -0.39 is 0 Å². The smallest absolute Gasteiger partial charge is 0.0536 e. The van der Waals surface area contributed by atoms with Crippen LogP contribution in [-0.2, 0) is 0 Å². The van der Waals surface area contributed by atoms with Gasteiger partial charge in [-0.1, -0.05) is 42.3 Å². The van der Waals surface area contributed by atoms with E-state index in [9.17, 15) is 0 Å². The quantitative estimate of drug-likeness (QED) is 0.731. The van der Waals surface area contributed by atoms with Crippen LogP contribution < -0.4 is 5.32 Å². The third kappa shape index (κ3) is 3.84. The molecule has 1 N–H and O–H groups in total. The van der Waals surface area contributed by atoms with Crippen molar-refractivity contribution in [3.05, 3.63) is 46.0 Å². The number of halogens is 1. The molecule has 0 spiro atoms. The molecular formula is C17H24ClN. The van der Waals surface area contributed by atoms with Crippen molar-refractivity contribution in [2.24, 2.45) is 0 Å². The van der Waals surface area contributed by atoms with Gasteiger partial charge in [-0.05, 0) is 62.8 Å². The first-order valence-electron chi connectivity index (χ1n) is 7.40. The molecule has 1 aliphatic rings. The molecule has 104 valence electrons. The number of allylic oxidation sites excluding steroid dienone is 1. The molecule has 0 saturated heterocycles. The fourth-order valence-electron chi connectivity index (χ4n) is 2.72. The summed E-state index contributed by atoms with van der Waals surface area (Å²) in [5.74, 6) is 0. The van der Waals surface area contributed by atoms with Crippen LogP contribution in [0.25, 0.3) is 0 Å². The number of hydrogen-bond acceptors (Lipinski definition) is 1. The topological polar surface area (TPSA) is 12.0 Å². The Labute approximate surface area is 122 Å². The van der Waals surface area contributed by atoms with Crippen LogP contribution in [-0.4, -0.2) is 6.54 Å². The van der Waals surface area contributed by atoms with Crippen LogP contribution in [0.15, 0.2) is 29.8 Å². The van der Waals surface area contributed by atoms with E-state index in [1.54, 1.807) is 5.57 Å². The lowest BCUT2D eigenvalue weighted by Crippen LogP contribution is -2.24. The summed E-state index contributed by atoms with van der Waals surface area (Å²) in [6.45, 7) is 5.36. The van der Waals surface area contributed by atoms with Crippen molar-refractivity contribution in [1.29, 1.82) is 0 Å². The predicted octanol–water partition coefficient (Wildman–Crippen LogP) is 5.19. The summed E-state index contributed by atoms with van der Waals surface area (Å²) >= 11 is 6.14. The molecule has 0 aliphatic heterocycles. The maximum atomic E-state index is 6.14. The molecule has 1 atom stereocenters. The molecule has 0 radical (unpaired) electrons. The first kappa shape index (κ1) is 14.6. The number of benzene rings is 1. The molecule has 1 nitrogen and oxygen atoms in total. The van der Waals surface area contributed by atoms with Crippen molar-refractivity contribution in [3.8, 4) is 0 Å². The van der Waals surface area contributed by atoms with Crippen LogP contribution in [0.2, 0.25) is 5.02 Å². The number of nitrogens with one attached hydrogen (secondary N) is 1. The second kappa shape index (κ2) is 7.12. The Morgan fingerprint density at radius 2 is 2.16 bits per heavy atom. The number of hydrogen-bond donors (Lipinski definition) is 1. The lowest BCUT2D eigenvalue weighted by Gasteiger charge is -2.25. The average molecular weight is 278 g/mol. The van der Waals surface area contributed by atoms with Crippen molar-refractivity contribution in [3.63, 3.8) is 0 Å². The minimum absolute atomic E-state index is 0.371. The zero-order valence-electron chi connectivity index (χ0n) is 12.0. The van der Waals surface area contributed by atoms with Crippen molar-refractivity contribution in [1.82, 2.24) is 5.32 Å². The van der Waals surface area contributed by atoms with E-state index in [4.69, 9.17) is 11.6 Å². The Bertz CT molecular complexity index is 451. The van der Waals surface area contributed by atoms with Crippen molar-refractivity contribution < 1.29 is 0 Å². The fraction of sp³-hybridized carbons (Fsp3) is 0.529. The Morgan fingerprint density at radius 3 is 2.79 bits per heavy atom. The average Bonchev–Trinajstić information content (AvgIpc) is 2.44. The summed E-state index contributed by atoms with van der Waals surface area (Å²) < 4.78 is 0. The SMILES string of the molecule is CCCNC(C1=CCCCC1)c1ccc(Cl)c(C)c1. The highest BCUT2D eigenvalue weighted by molar-refractivity contribution is 6.31. The summed E-state index contributed by atoms with van der Waals surface area (Å²) in [5.41, 5.74) is 4.07. The third-order valence-corrected chi connectivity index (χ3v) is 4.23. The normalized spacial score (nSPS) is 17.1. The van der Waals surface area contributed by atoms with E-state index in [1.807, 2.05) is 6.07 Å². The van der Waals surface area contributed by atoms with Gasteiger partial charge in [0, 0.05) is 5.02 Å². The molecular weight excluding hydrogens is 254 g/mol. The van der Waals surface area contributed by atoms with E-state index in [0.29, 0.717) is 6.04 Å². The van der Waals surface area contributed by atoms with Gasteiger partial charge < -0.3 is 5.32 Å². The monoisotopic (exact) mass is 277 g/mol. The molecule has 0 bridgehead atoms. The summed E-state index contributed by atoms with van der Waals surface area (Å²) in [4.78, 5) is 0. The fourth-order valence-corrected chi connectivity index (χ4v) is 2.84. The minimum Gasteiger partial charge on any atom is -0.307 e. The Kier molecular flexibility index (Phi) is 5.47. The first-order valence-corrected chi connectivity index (χ1v) is 7.78. The Morgan fingerprint density at radius 1 is 1.32 bits per heavy atom. The summed E-state index contributed by atoms with van der Waals surface area (Å²) in [7, 11) is 0. The zero-order valence-corrected chi connectivity index (χ0v) is 12.8. The van der Waals surface area contributed by atoms with Gasteiger partial charge in [-0.3, -0.25) is 0 Å². The van der Waals surface area contributed by atoms with Gasteiger partial charge in [0.05, 0.1) is 6.04 Å². The molecule has 2 rings (SSSR count). The molecule has 1 aromatic rings. The molecule has 19 heavy (non-hydrogen) atoms. The van der Waals surface area contributed by atoms with Crippen LogP contribution in [0.4, 0.5) is 0 Å². The van der Waals surface area contributed by atoms with Crippen molar-refractivity contribution >= 4 is 11.6 Å². The molecule has 0 saturated carbocycles. The molecule has 0 fully saturated rings. The van der Waals surface area contributed by atoms with Crippen LogP contribution >= 0.6 is 11.6 Å². The minimum atomic E-state index is 0.371. The highest BCUT2D eigenvalue weighted by atomic mass is 35.5. The van der Waals surface area contributed by atoms with E-state index in [-0.39, 0.29) is 0 Å². The highest BCUT2D eigenvalue weighted by Crippen LogP contribution is 2.31. The van der Waals surface area contributed by atoms with E-state index in [2.05, 4.69) is 37.4 Å². The van der Waals surface area contributed by atoms with Gasteiger partial charge in [0.2, 0.25) is 0 Å². The molecule has 0 heterocycles. The number of aryl methyl sites for hydroxylation is 1. The van der Waals surface area contributed by atoms with Crippen LogP contribution in [0.3, 0.4) is 0 Å². The molecule has 0 aromatic heterocycles. The second-order valence-electron chi connectivity index (χ2n) is 5.42. The third-order valence-electron chi connectivity index (χ3n) is 3.81. The van der Waals surface area contributed by atoms with Crippen LogP contribution in [0, 0.1) is 6.92 Å². The van der Waals surface area contributed by atoms with Gasteiger partial charge in [0.1, 0.15) is 0 Å². The van der Waals surface area contributed by atoms with E-state index in [0.717, 1.165) is 18.0 Å². The summed E-state index contributed by atoms with van der Waals surface area (Å²) in [5, 5.41) is 4.55. The standard InChI is InChI=1S/C17H24ClN/c1-3-11-19-17(14-7-5-4-6-8-14)15-9-10-16(18)13(2)12-15/h7,9-10,12,17,19H,3-6,8,11H2,1-2H3. The first-order chi connectivity index (χ1) is 9.22. The van der Waals surface area contributed by atoms with E-state index in [1.165, 1.54) is 36.8 Å². The second-order valence-corrected chi connectivity index (χ2v) is 5.83. The zero-order chi connectivity index (χ0) is 13.7. The van der Waals surface area contributed by atoms with Gasteiger partial charge in [-0.2, -0.15) is 0 Å². The predicted molar refractivity (Wildman–Crippen MR) is 83.8 cm³/mol. The van der Waals surface area contributed by atoms with Gasteiger partial charge in [0.15, 0.2) is 0 Å². The summed E-state index contributed by atoms with van der Waals surface area (Å²) in [6, 6.07) is 6.79. The van der Waals surface area contributed by atoms with Gasteiger partial charge in [0.25, 0.3) is 0 Å². The van der Waals surface area contributed by atoms with Crippen molar-refractivity contribution in [2.45, 2.75) is 52.0 Å². The van der Waals surface area contributed by atoms with Gasteiger partial charge in [-0.15, -0.1) is 0 Å². The maximum absolute atomic E-state index is 6.14. The van der Waals surface area contributed by atoms with Crippen LogP contribution in [0.5, 0.6) is 0 Å². The maximum Gasteiger partial charge on any atom is 0.0536 e. The highest BCUT2D eigenvalue weighted by Gasteiger charge is 2.18. The summed E-state index contributed by atoms with van der Waals surface area (Å²) in [6.07, 6.45) is 8.71. The lowest BCUT2D eigenvalue weighted by molar-refractivity contribution is 0.546. The molecule has 1 aromatic carbocycles. The van der Waals surface area contributed by atoms with Crippen LogP contribution in [0.1, 0.15) is 56.2 Å². The lowest BCUT2D eigenvalue weighted by atomic mass is 9.89. The molecule has 1 unspecified atom stereocenters. The largest absolute Gasteiger partial charge is 0.307 e. The number of rotatable bonds is 5. The van der Waals surface area contributed by atoms with E-state index >= 15 is 0 Å². The van der Waals surface area contributed by atoms with Crippen molar-refractivity contribution in [2.75, 3.05) is 6.54 Å². The van der Waals surface area contributed by atoms with Gasteiger partial charge in [-0.25, -0.2) is 0 Å².